The van der Waals surface area contributed by atoms with Crippen LogP contribution < -0.4 is 10.5 Å². The molecule has 0 saturated carbocycles. The summed E-state index contributed by atoms with van der Waals surface area (Å²) in [5.41, 5.74) is 5.20. The third-order valence-corrected chi connectivity index (χ3v) is 3.02. The lowest BCUT2D eigenvalue weighted by atomic mass is 10.4. The number of nitrogen functional groups attached to an aromatic ring is 1. The van der Waals surface area contributed by atoms with Crippen molar-refractivity contribution in [1.29, 1.82) is 0 Å². The number of anilines is 1. The van der Waals surface area contributed by atoms with Crippen LogP contribution in [-0.4, -0.2) is 36.2 Å². The molecule has 0 aromatic carbocycles. The zero-order valence-electron chi connectivity index (χ0n) is 11.7. The van der Waals surface area contributed by atoms with Crippen LogP contribution in [0.15, 0.2) is 0 Å². The maximum Gasteiger partial charge on any atom is 0.347 e. The van der Waals surface area contributed by atoms with Crippen LogP contribution in [0.2, 0.25) is 10.0 Å². The minimum atomic E-state index is -1.21. The van der Waals surface area contributed by atoms with Gasteiger partial charge in [0.25, 0.3) is 0 Å². The maximum absolute atomic E-state index is 13.4. The third-order valence-electron chi connectivity index (χ3n) is 2.30. The molecule has 0 spiro atoms. The van der Waals surface area contributed by atoms with Gasteiger partial charge in [-0.25, -0.2) is 9.59 Å². The van der Waals surface area contributed by atoms with Crippen LogP contribution in [0.5, 0.6) is 5.88 Å². The molecule has 0 bridgehead atoms. The average molecular weight is 355 g/mol. The zero-order valence-corrected chi connectivity index (χ0v) is 13.2. The van der Waals surface area contributed by atoms with Gasteiger partial charge in [0, 0.05) is 0 Å². The summed E-state index contributed by atoms with van der Waals surface area (Å²) in [7, 11) is 0. The van der Waals surface area contributed by atoms with E-state index in [1.807, 2.05) is 0 Å². The second-order valence-electron chi connectivity index (χ2n) is 3.92. The second kappa shape index (κ2) is 8.00. The fourth-order valence-corrected chi connectivity index (χ4v) is 1.62. The Bertz CT molecular complexity index is 585. The van der Waals surface area contributed by atoms with Gasteiger partial charge in [0.15, 0.2) is 12.7 Å². The number of nitrogens with zero attached hydrogens (tertiary/aromatic N) is 1. The maximum atomic E-state index is 13.4. The smallest absolute Gasteiger partial charge is 0.347 e. The number of hydrogen-bond acceptors (Lipinski definition) is 7. The molecule has 22 heavy (non-hydrogen) atoms. The topological polar surface area (TPSA) is 101 Å². The molecule has 1 rings (SSSR count). The number of carbonyl (C=O) groups excluding carboxylic acids is 2. The van der Waals surface area contributed by atoms with Gasteiger partial charge in [-0.05, 0) is 13.8 Å². The fraction of sp³-hybridized carbons (Fsp3) is 0.417. The molecular formula is C12H13Cl2FN2O5. The van der Waals surface area contributed by atoms with Gasteiger partial charge in [-0.3, -0.25) is 0 Å². The fourth-order valence-electron chi connectivity index (χ4n) is 1.25. The van der Waals surface area contributed by atoms with E-state index in [-0.39, 0.29) is 17.3 Å². The van der Waals surface area contributed by atoms with Gasteiger partial charge < -0.3 is 19.9 Å². The predicted molar refractivity (Wildman–Crippen MR) is 76.3 cm³/mol. The Morgan fingerprint density at radius 2 is 1.95 bits per heavy atom. The molecule has 1 aromatic heterocycles. The first kappa shape index (κ1) is 18.2. The number of hydrogen-bond donors (Lipinski definition) is 1. The number of nitrogens with two attached hydrogens (primary N) is 1. The van der Waals surface area contributed by atoms with E-state index < -0.39 is 41.5 Å². The van der Waals surface area contributed by atoms with Crippen LogP contribution >= 0.6 is 23.2 Å². The van der Waals surface area contributed by atoms with Crippen LogP contribution in [-0.2, 0) is 19.1 Å². The van der Waals surface area contributed by atoms with Gasteiger partial charge in [-0.1, -0.05) is 23.2 Å². The molecular weight excluding hydrogens is 342 g/mol. The van der Waals surface area contributed by atoms with Crippen LogP contribution in [0, 0.1) is 5.95 Å². The molecule has 7 nitrogen and oxygen atoms in total. The highest BCUT2D eigenvalue weighted by atomic mass is 35.5. The van der Waals surface area contributed by atoms with Crippen LogP contribution in [0.1, 0.15) is 13.8 Å². The molecule has 0 saturated heterocycles. The van der Waals surface area contributed by atoms with Crippen molar-refractivity contribution in [3.63, 3.8) is 0 Å². The highest BCUT2D eigenvalue weighted by Gasteiger charge is 2.23. The number of pyridine rings is 1. The van der Waals surface area contributed by atoms with Crippen LogP contribution in [0.3, 0.4) is 0 Å². The van der Waals surface area contributed by atoms with E-state index in [4.69, 9.17) is 33.7 Å². The molecule has 10 heteroatoms. The Kier molecular flexibility index (Phi) is 6.63. The standard InChI is InChI=1S/C12H13Cl2FN2O5/c1-3-20-6(18)4-21-12(19)5(2)22-11-8(14)9(16)7(13)10(15)17-11/h5H,3-4H2,1-2H3,(H2,16,17)/t5-/m1/s1. The van der Waals surface area contributed by atoms with E-state index in [1.165, 1.54) is 6.92 Å². The van der Waals surface area contributed by atoms with Crippen molar-refractivity contribution < 1.29 is 28.2 Å². The van der Waals surface area contributed by atoms with Crippen molar-refractivity contribution >= 4 is 40.8 Å². The van der Waals surface area contributed by atoms with Gasteiger partial charge in [0.2, 0.25) is 11.8 Å². The number of halogens is 3. The molecule has 1 atom stereocenters. The summed E-state index contributed by atoms with van der Waals surface area (Å²) in [5, 5.41) is -0.689. The van der Waals surface area contributed by atoms with Crippen molar-refractivity contribution in [2.24, 2.45) is 0 Å². The molecule has 0 unspecified atom stereocenters. The Labute approximate surface area is 135 Å². The SMILES string of the molecule is CCOC(=O)COC(=O)[C@@H](C)Oc1nc(F)c(Cl)c(N)c1Cl. The molecule has 122 valence electrons. The summed E-state index contributed by atoms with van der Waals surface area (Å²) < 4.78 is 27.7. The summed E-state index contributed by atoms with van der Waals surface area (Å²) in [5.74, 6) is -3.10. The minimum absolute atomic E-state index is 0.158. The lowest BCUT2D eigenvalue weighted by Crippen LogP contribution is -2.29. The normalized spacial score (nSPS) is 11.7. The number of rotatable bonds is 6. The Morgan fingerprint density at radius 3 is 2.55 bits per heavy atom. The number of aromatic nitrogens is 1. The van der Waals surface area contributed by atoms with Crippen molar-refractivity contribution in [1.82, 2.24) is 4.98 Å². The predicted octanol–water partition coefficient (Wildman–Crippen LogP) is 1.98. The highest BCUT2D eigenvalue weighted by molar-refractivity contribution is 6.39. The first-order valence-corrected chi connectivity index (χ1v) is 6.82. The van der Waals surface area contributed by atoms with Crippen LogP contribution in [0.4, 0.5) is 10.1 Å². The monoisotopic (exact) mass is 354 g/mol. The first-order valence-electron chi connectivity index (χ1n) is 6.06. The van der Waals surface area contributed by atoms with Crippen molar-refractivity contribution in [2.75, 3.05) is 18.9 Å². The van der Waals surface area contributed by atoms with E-state index in [1.54, 1.807) is 6.92 Å². The Hall–Kier alpha value is -1.80. The first-order chi connectivity index (χ1) is 10.3. The van der Waals surface area contributed by atoms with Crippen molar-refractivity contribution in [3.05, 3.63) is 16.0 Å². The molecule has 1 heterocycles. The van der Waals surface area contributed by atoms with E-state index in [2.05, 4.69) is 14.5 Å². The van der Waals surface area contributed by atoms with Crippen molar-refractivity contribution in [3.8, 4) is 5.88 Å². The van der Waals surface area contributed by atoms with Gasteiger partial charge >= 0.3 is 11.9 Å². The zero-order chi connectivity index (χ0) is 16.9. The van der Waals surface area contributed by atoms with E-state index >= 15 is 0 Å². The lowest BCUT2D eigenvalue weighted by Gasteiger charge is -2.15. The van der Waals surface area contributed by atoms with E-state index in [0.717, 1.165) is 0 Å². The summed E-state index contributed by atoms with van der Waals surface area (Å²) in [6.07, 6.45) is -1.21. The van der Waals surface area contributed by atoms with Gasteiger partial charge in [-0.15, -0.1) is 0 Å². The molecule has 1 aromatic rings. The lowest BCUT2D eigenvalue weighted by molar-refractivity contribution is -0.162. The third kappa shape index (κ3) is 4.60. The quantitative estimate of drug-likeness (QED) is 0.615. The molecule has 0 fully saturated rings. The summed E-state index contributed by atoms with van der Waals surface area (Å²) in [6, 6.07) is 0. The number of ether oxygens (including phenoxy) is 3. The molecule has 0 aliphatic rings. The molecule has 0 aliphatic heterocycles. The molecule has 0 aliphatic carbocycles. The van der Waals surface area contributed by atoms with E-state index in [9.17, 15) is 14.0 Å². The van der Waals surface area contributed by atoms with Crippen molar-refractivity contribution in [2.45, 2.75) is 20.0 Å². The summed E-state index contributed by atoms with van der Waals surface area (Å²) in [4.78, 5) is 26.0. The highest BCUT2D eigenvalue weighted by Crippen LogP contribution is 2.35. The van der Waals surface area contributed by atoms with Gasteiger partial charge in [0.05, 0.1) is 12.3 Å². The Morgan fingerprint density at radius 1 is 1.32 bits per heavy atom. The molecule has 0 amide bonds. The largest absolute Gasteiger partial charge is 0.463 e. The van der Waals surface area contributed by atoms with Crippen LogP contribution in [0.25, 0.3) is 0 Å². The van der Waals surface area contributed by atoms with Gasteiger partial charge in [-0.2, -0.15) is 9.37 Å². The summed E-state index contributed by atoms with van der Waals surface area (Å²) in [6.45, 7) is 2.50. The second-order valence-corrected chi connectivity index (χ2v) is 4.68. The molecule has 0 radical (unpaired) electrons. The van der Waals surface area contributed by atoms with E-state index in [0.29, 0.717) is 0 Å². The molecule has 2 N–H and O–H groups in total. The van der Waals surface area contributed by atoms with Gasteiger partial charge in [0.1, 0.15) is 10.0 Å². The number of esters is 2. The summed E-state index contributed by atoms with van der Waals surface area (Å²) >= 11 is 11.3. The average Bonchev–Trinajstić information content (AvgIpc) is 2.48. The minimum Gasteiger partial charge on any atom is -0.463 e. The Balaban J connectivity index is 2.71. The number of carbonyl (C=O) groups is 2.